The number of benzene rings is 4. The van der Waals surface area contributed by atoms with Gasteiger partial charge in [0.15, 0.2) is 5.75 Å². The number of carbonyl (C=O) groups is 1. The van der Waals surface area contributed by atoms with Gasteiger partial charge in [0.1, 0.15) is 11.4 Å². The molecule has 1 amide bonds. The Balaban J connectivity index is 1.32. The van der Waals surface area contributed by atoms with Crippen molar-refractivity contribution >= 4 is 51.4 Å². The minimum Gasteiger partial charge on any atom is -0.455 e. The predicted molar refractivity (Wildman–Crippen MR) is 167 cm³/mol. The van der Waals surface area contributed by atoms with Crippen LogP contribution in [-0.4, -0.2) is 24.0 Å². The number of H-pyrrole nitrogens is 1. The van der Waals surface area contributed by atoms with Crippen LogP contribution in [0.4, 0.5) is 11.4 Å². The van der Waals surface area contributed by atoms with Gasteiger partial charge in [0.2, 0.25) is 5.91 Å². The maximum absolute atomic E-state index is 13.6. The number of rotatable bonds is 6. The van der Waals surface area contributed by atoms with Crippen LogP contribution in [0.15, 0.2) is 102 Å². The third-order valence-corrected chi connectivity index (χ3v) is 7.76. The molecule has 206 valence electrons. The third kappa shape index (κ3) is 5.80. The highest BCUT2D eigenvalue weighted by molar-refractivity contribution is 6.31. The molecular weight excluding hydrogens is 557 g/mol. The Morgan fingerprint density at radius 3 is 2.39 bits per heavy atom. The van der Waals surface area contributed by atoms with E-state index in [0.29, 0.717) is 57.9 Å². The molecule has 8 heteroatoms. The molecule has 5 aromatic rings. The number of piperidine rings is 1. The summed E-state index contributed by atoms with van der Waals surface area (Å²) in [5, 5.41) is 4.95. The van der Waals surface area contributed by atoms with E-state index in [-0.39, 0.29) is 17.4 Å². The van der Waals surface area contributed by atoms with Gasteiger partial charge in [-0.25, -0.2) is 0 Å². The van der Waals surface area contributed by atoms with Gasteiger partial charge in [0, 0.05) is 39.6 Å². The summed E-state index contributed by atoms with van der Waals surface area (Å²) >= 11 is 12.7. The van der Waals surface area contributed by atoms with Gasteiger partial charge in [0.05, 0.1) is 11.6 Å². The number of pyridine rings is 1. The number of aromatic amines is 1. The van der Waals surface area contributed by atoms with E-state index in [0.717, 1.165) is 22.9 Å². The summed E-state index contributed by atoms with van der Waals surface area (Å²) in [5.41, 5.74) is 3.26. The lowest BCUT2D eigenvalue weighted by molar-refractivity contribution is -0.120. The van der Waals surface area contributed by atoms with Crippen molar-refractivity contribution in [2.45, 2.75) is 12.8 Å². The van der Waals surface area contributed by atoms with Crippen LogP contribution < -0.4 is 20.5 Å². The standard InChI is InChI=1S/C33H27Cl2N3O3/c34-23-13-15-27-26(18-23)30(21-8-3-1-4-9-21)31(33(40)36-27)38-17-7-10-22(20-38)32(39)37-28-19-24(35)14-16-29(28)41-25-11-5-2-6-12-25/h1-6,8-9,11-16,18-19,22H,7,10,17,20H2,(H,36,40)(H,37,39)/t22-/m0/s1. The minimum atomic E-state index is -0.356. The Morgan fingerprint density at radius 1 is 0.902 bits per heavy atom. The number of fused-ring (bicyclic) bond motifs is 1. The minimum absolute atomic E-state index is 0.156. The van der Waals surface area contributed by atoms with Gasteiger partial charge in [-0.05, 0) is 66.9 Å². The van der Waals surface area contributed by atoms with Gasteiger partial charge in [-0.1, -0.05) is 71.7 Å². The number of hydrogen-bond acceptors (Lipinski definition) is 4. The van der Waals surface area contributed by atoms with Crippen LogP contribution >= 0.6 is 23.2 Å². The summed E-state index contributed by atoms with van der Waals surface area (Å²) in [6, 6.07) is 29.8. The summed E-state index contributed by atoms with van der Waals surface area (Å²) in [7, 11) is 0. The SMILES string of the molecule is O=C(Nc1cc(Cl)ccc1Oc1ccccc1)[C@H]1CCCN(c2c(-c3ccccc3)c3cc(Cl)ccc3[nH]c2=O)C1. The third-order valence-electron chi connectivity index (χ3n) is 7.29. The number of halogens is 2. The molecule has 1 aromatic heterocycles. The first kappa shape index (κ1) is 26.9. The molecule has 41 heavy (non-hydrogen) atoms. The van der Waals surface area contributed by atoms with Gasteiger partial charge >= 0.3 is 0 Å². The number of amides is 1. The van der Waals surface area contributed by atoms with Crippen molar-refractivity contribution in [1.82, 2.24) is 4.98 Å². The second-order valence-electron chi connectivity index (χ2n) is 10.1. The second kappa shape index (κ2) is 11.7. The normalized spacial score (nSPS) is 15.1. The highest BCUT2D eigenvalue weighted by Gasteiger charge is 2.30. The summed E-state index contributed by atoms with van der Waals surface area (Å²) in [6.07, 6.45) is 1.44. The highest BCUT2D eigenvalue weighted by Crippen LogP contribution is 2.38. The van der Waals surface area contributed by atoms with Crippen molar-refractivity contribution < 1.29 is 9.53 Å². The van der Waals surface area contributed by atoms with Crippen LogP contribution in [-0.2, 0) is 4.79 Å². The Morgan fingerprint density at radius 2 is 1.61 bits per heavy atom. The molecule has 2 N–H and O–H groups in total. The van der Waals surface area contributed by atoms with Crippen LogP contribution in [0, 0.1) is 5.92 Å². The monoisotopic (exact) mass is 583 g/mol. The molecule has 1 atom stereocenters. The molecule has 0 saturated carbocycles. The molecule has 0 radical (unpaired) electrons. The number of nitrogens with one attached hydrogen (secondary N) is 2. The van der Waals surface area contributed by atoms with Crippen molar-refractivity contribution in [2.24, 2.45) is 5.92 Å². The molecule has 0 unspecified atom stereocenters. The molecule has 0 bridgehead atoms. The molecule has 4 aromatic carbocycles. The van der Waals surface area contributed by atoms with Crippen molar-refractivity contribution in [1.29, 1.82) is 0 Å². The lowest BCUT2D eigenvalue weighted by Gasteiger charge is -2.34. The molecule has 6 rings (SSSR count). The van der Waals surface area contributed by atoms with Crippen molar-refractivity contribution in [2.75, 3.05) is 23.3 Å². The first-order chi connectivity index (χ1) is 20.0. The molecule has 2 heterocycles. The van der Waals surface area contributed by atoms with E-state index < -0.39 is 0 Å². The van der Waals surface area contributed by atoms with E-state index >= 15 is 0 Å². The van der Waals surface area contributed by atoms with Crippen LogP contribution in [0.5, 0.6) is 11.5 Å². The van der Waals surface area contributed by atoms with Gasteiger partial charge in [-0.15, -0.1) is 0 Å². The number of ether oxygens (including phenoxy) is 1. The number of nitrogens with zero attached hydrogens (tertiary/aromatic N) is 1. The van der Waals surface area contributed by atoms with Crippen molar-refractivity contribution in [3.63, 3.8) is 0 Å². The summed E-state index contributed by atoms with van der Waals surface area (Å²) < 4.78 is 6.03. The second-order valence-corrected chi connectivity index (χ2v) is 10.9. The fraction of sp³-hybridized carbons (Fsp3) is 0.152. The Bertz CT molecular complexity index is 1770. The van der Waals surface area contributed by atoms with E-state index in [1.54, 1.807) is 24.3 Å². The lowest BCUT2D eigenvalue weighted by atomic mass is 9.93. The maximum atomic E-state index is 13.6. The summed E-state index contributed by atoms with van der Waals surface area (Å²) in [4.78, 5) is 32.2. The molecule has 0 spiro atoms. The number of hydrogen-bond donors (Lipinski definition) is 2. The topological polar surface area (TPSA) is 74.4 Å². The lowest BCUT2D eigenvalue weighted by Crippen LogP contribution is -2.43. The Kier molecular flexibility index (Phi) is 7.68. The molecule has 1 fully saturated rings. The quantitative estimate of drug-likeness (QED) is 0.211. The van der Waals surface area contributed by atoms with Crippen LogP contribution in [0.1, 0.15) is 12.8 Å². The number of para-hydroxylation sites is 1. The van der Waals surface area contributed by atoms with E-state index in [4.69, 9.17) is 27.9 Å². The van der Waals surface area contributed by atoms with Crippen molar-refractivity contribution in [3.8, 4) is 22.6 Å². The van der Waals surface area contributed by atoms with E-state index in [1.807, 2.05) is 77.7 Å². The van der Waals surface area contributed by atoms with Crippen LogP contribution in [0.25, 0.3) is 22.0 Å². The average molecular weight is 585 g/mol. The maximum Gasteiger partial charge on any atom is 0.272 e. The fourth-order valence-corrected chi connectivity index (χ4v) is 5.73. The van der Waals surface area contributed by atoms with E-state index in [2.05, 4.69) is 10.3 Å². The van der Waals surface area contributed by atoms with E-state index in [9.17, 15) is 9.59 Å². The Labute approximate surface area is 247 Å². The molecular formula is C33H27Cl2N3O3. The predicted octanol–water partition coefficient (Wildman–Crippen LogP) is 8.15. The molecule has 0 aliphatic carbocycles. The zero-order valence-electron chi connectivity index (χ0n) is 22.1. The average Bonchev–Trinajstić information content (AvgIpc) is 2.99. The summed E-state index contributed by atoms with van der Waals surface area (Å²) in [5.74, 6) is 0.635. The van der Waals surface area contributed by atoms with Crippen LogP contribution in [0.3, 0.4) is 0 Å². The zero-order chi connectivity index (χ0) is 28.3. The van der Waals surface area contributed by atoms with Crippen LogP contribution in [0.2, 0.25) is 10.0 Å². The van der Waals surface area contributed by atoms with E-state index in [1.165, 1.54) is 0 Å². The fourth-order valence-electron chi connectivity index (χ4n) is 5.39. The van der Waals surface area contributed by atoms with Gasteiger partial charge in [-0.3, -0.25) is 9.59 Å². The summed E-state index contributed by atoms with van der Waals surface area (Å²) in [6.45, 7) is 1.04. The van der Waals surface area contributed by atoms with Crippen molar-refractivity contribution in [3.05, 3.63) is 117 Å². The number of carbonyl (C=O) groups excluding carboxylic acids is 1. The van der Waals surface area contributed by atoms with Gasteiger partial charge in [-0.2, -0.15) is 0 Å². The molecule has 6 nitrogen and oxygen atoms in total. The largest absolute Gasteiger partial charge is 0.455 e. The van der Waals surface area contributed by atoms with Gasteiger partial charge in [0.25, 0.3) is 5.56 Å². The smallest absolute Gasteiger partial charge is 0.272 e. The zero-order valence-corrected chi connectivity index (χ0v) is 23.6. The number of anilines is 2. The molecule has 1 aliphatic rings. The molecule has 1 saturated heterocycles. The number of aromatic nitrogens is 1. The first-order valence-electron chi connectivity index (χ1n) is 13.5. The molecule has 1 aliphatic heterocycles. The Hall–Kier alpha value is -4.26. The first-order valence-corrected chi connectivity index (χ1v) is 14.2. The highest BCUT2D eigenvalue weighted by atomic mass is 35.5. The van der Waals surface area contributed by atoms with Gasteiger partial charge < -0.3 is 19.9 Å².